The number of hydrogen-bond donors (Lipinski definition) is 5. The van der Waals surface area contributed by atoms with Crippen LogP contribution in [-0.4, -0.2) is 68.0 Å². The molecule has 4 rings (SSSR count). The maximum Gasteiger partial charge on any atom is 0.255 e. The number of amides is 1. The number of benzene rings is 1. The summed E-state index contributed by atoms with van der Waals surface area (Å²) in [4.78, 5) is 40.1. The molecule has 0 aliphatic heterocycles. The molecule has 0 saturated heterocycles. The second-order valence-electron chi connectivity index (χ2n) is 8.49. The van der Waals surface area contributed by atoms with Gasteiger partial charge in [0.2, 0.25) is 5.78 Å². The van der Waals surface area contributed by atoms with E-state index in [2.05, 4.69) is 0 Å². The standard InChI is InChI=1S/C22H23ClN2O7/c1-3-25(2)16-10-7-8-6-9-11(23)4-5-12(26)14(9)17(27)13(8)19(29)22(10,32)20(30)15(18(16)28)21(24)31/h4-5,8,10,16,26,28-29,32H,3,6-7H2,1-2H3,(H2,24,31)/t8-,10-,16-,22-/m0/s1. The van der Waals surface area contributed by atoms with Crippen molar-refractivity contribution in [3.05, 3.63) is 50.9 Å². The van der Waals surface area contributed by atoms with Crippen LogP contribution in [0.25, 0.3) is 0 Å². The maximum atomic E-state index is 13.3. The van der Waals surface area contributed by atoms with E-state index < -0.39 is 58.0 Å². The summed E-state index contributed by atoms with van der Waals surface area (Å²) >= 11 is 6.26. The summed E-state index contributed by atoms with van der Waals surface area (Å²) in [5.74, 6) is -6.77. The van der Waals surface area contributed by atoms with Crippen LogP contribution in [0.5, 0.6) is 5.75 Å². The lowest BCUT2D eigenvalue weighted by molar-refractivity contribution is -0.148. The number of allylic oxidation sites excluding steroid dienone is 1. The number of carbonyl (C=O) groups excluding carboxylic acids is 3. The SMILES string of the molecule is CCN(C)[C@@H]1C(O)=C(C(N)=O)C(=O)[C@@]2(O)C(O)=C3C(=O)c4c(O)ccc(Cl)c4C[C@H]3C[C@@H]12. The number of halogens is 1. The van der Waals surface area contributed by atoms with Gasteiger partial charge in [-0.25, -0.2) is 0 Å². The summed E-state index contributed by atoms with van der Waals surface area (Å²) in [6.07, 6.45) is 0.202. The number of Topliss-reactive ketones (excluding diaryl/α,β-unsaturated/α-hetero) is 2. The molecular weight excluding hydrogens is 440 g/mol. The van der Waals surface area contributed by atoms with Gasteiger partial charge in [0.05, 0.1) is 11.6 Å². The smallest absolute Gasteiger partial charge is 0.255 e. The maximum absolute atomic E-state index is 13.3. The van der Waals surface area contributed by atoms with Crippen LogP contribution in [0.2, 0.25) is 5.02 Å². The number of aliphatic hydroxyl groups excluding tert-OH is 2. The Balaban J connectivity index is 1.98. The number of aromatic hydroxyl groups is 1. The quantitative estimate of drug-likeness (QED) is 0.418. The van der Waals surface area contributed by atoms with Crippen molar-refractivity contribution in [3.8, 4) is 5.75 Å². The van der Waals surface area contributed by atoms with E-state index in [-0.39, 0.29) is 34.8 Å². The second kappa shape index (κ2) is 7.33. The number of phenolic OH excluding ortho intramolecular Hbond substituents is 1. The van der Waals surface area contributed by atoms with Gasteiger partial charge >= 0.3 is 0 Å². The van der Waals surface area contributed by atoms with E-state index in [1.807, 2.05) is 0 Å². The molecule has 0 heterocycles. The number of aliphatic hydroxyl groups is 3. The van der Waals surface area contributed by atoms with Gasteiger partial charge in [0.25, 0.3) is 5.91 Å². The molecule has 9 nitrogen and oxygen atoms in total. The van der Waals surface area contributed by atoms with Gasteiger partial charge in [-0.2, -0.15) is 0 Å². The molecule has 1 aromatic carbocycles. The van der Waals surface area contributed by atoms with E-state index in [0.717, 1.165) is 0 Å². The molecule has 170 valence electrons. The predicted octanol–water partition coefficient (Wildman–Crippen LogP) is 1.16. The predicted molar refractivity (Wildman–Crippen MR) is 113 cm³/mol. The van der Waals surface area contributed by atoms with E-state index in [0.29, 0.717) is 12.1 Å². The highest BCUT2D eigenvalue weighted by molar-refractivity contribution is 6.32. The number of nitrogens with two attached hydrogens (primary N) is 1. The lowest BCUT2D eigenvalue weighted by atomic mass is 9.58. The highest BCUT2D eigenvalue weighted by atomic mass is 35.5. The minimum Gasteiger partial charge on any atom is -0.510 e. The van der Waals surface area contributed by atoms with Crippen LogP contribution in [0.1, 0.15) is 29.3 Å². The Morgan fingerprint density at radius 1 is 1.28 bits per heavy atom. The molecule has 3 aliphatic carbocycles. The third-order valence-corrected chi connectivity index (χ3v) is 7.32. The molecule has 1 amide bonds. The number of ketones is 2. The summed E-state index contributed by atoms with van der Waals surface area (Å²) in [6, 6.07) is 1.70. The summed E-state index contributed by atoms with van der Waals surface area (Å²) in [5.41, 5.74) is 1.95. The first kappa shape index (κ1) is 22.3. The van der Waals surface area contributed by atoms with E-state index in [9.17, 15) is 34.8 Å². The molecule has 10 heteroatoms. The van der Waals surface area contributed by atoms with Crippen LogP contribution in [-0.2, 0) is 16.0 Å². The zero-order valence-electron chi connectivity index (χ0n) is 17.4. The zero-order valence-corrected chi connectivity index (χ0v) is 18.2. The molecule has 0 aromatic heterocycles. The van der Waals surface area contributed by atoms with Crippen LogP contribution < -0.4 is 5.73 Å². The Morgan fingerprint density at radius 2 is 1.94 bits per heavy atom. The third-order valence-electron chi connectivity index (χ3n) is 6.97. The molecule has 0 bridgehead atoms. The minimum absolute atomic E-state index is 0.0317. The molecule has 6 N–H and O–H groups in total. The average Bonchev–Trinajstić information content (AvgIpc) is 2.72. The number of fused-ring (bicyclic) bond motifs is 3. The van der Waals surface area contributed by atoms with E-state index in [4.69, 9.17) is 17.3 Å². The summed E-state index contributed by atoms with van der Waals surface area (Å²) in [7, 11) is 1.63. The highest BCUT2D eigenvalue weighted by Crippen LogP contribution is 2.52. The monoisotopic (exact) mass is 462 g/mol. The third kappa shape index (κ3) is 2.74. The van der Waals surface area contributed by atoms with Gasteiger partial charge in [-0.05, 0) is 50.0 Å². The van der Waals surface area contributed by atoms with Gasteiger partial charge < -0.3 is 26.2 Å². The lowest BCUT2D eigenvalue weighted by Crippen LogP contribution is -2.64. The Labute approximate surface area is 188 Å². The van der Waals surface area contributed by atoms with Crippen LogP contribution in [0.15, 0.2) is 34.8 Å². The Morgan fingerprint density at radius 3 is 2.53 bits per heavy atom. The number of rotatable bonds is 3. The summed E-state index contributed by atoms with van der Waals surface area (Å²) < 4.78 is 0. The van der Waals surface area contributed by atoms with Crippen LogP contribution in [0.3, 0.4) is 0 Å². The van der Waals surface area contributed by atoms with Gasteiger partial charge in [0.1, 0.15) is 22.8 Å². The Bertz CT molecular complexity index is 1140. The van der Waals surface area contributed by atoms with Crippen LogP contribution in [0, 0.1) is 11.8 Å². The molecule has 0 unspecified atom stereocenters. The highest BCUT2D eigenvalue weighted by Gasteiger charge is 2.63. The van der Waals surface area contributed by atoms with Crippen molar-refractivity contribution in [3.63, 3.8) is 0 Å². The Kier molecular flexibility index (Phi) is 5.11. The molecule has 0 radical (unpaired) electrons. The molecule has 32 heavy (non-hydrogen) atoms. The van der Waals surface area contributed by atoms with Gasteiger partial charge in [0, 0.05) is 16.5 Å². The van der Waals surface area contributed by atoms with Gasteiger partial charge in [-0.15, -0.1) is 0 Å². The first-order valence-corrected chi connectivity index (χ1v) is 10.5. The van der Waals surface area contributed by atoms with E-state index >= 15 is 0 Å². The van der Waals surface area contributed by atoms with Crippen molar-refractivity contribution in [1.29, 1.82) is 0 Å². The number of phenols is 1. The first-order chi connectivity index (χ1) is 15.0. The van der Waals surface area contributed by atoms with Crippen molar-refractivity contribution in [2.75, 3.05) is 13.6 Å². The minimum atomic E-state index is -2.64. The molecule has 4 atom stereocenters. The normalized spacial score (nSPS) is 29.7. The zero-order chi connectivity index (χ0) is 23.7. The average molecular weight is 463 g/mol. The topological polar surface area (TPSA) is 161 Å². The largest absolute Gasteiger partial charge is 0.510 e. The fourth-order valence-corrected chi connectivity index (χ4v) is 5.56. The van der Waals surface area contributed by atoms with Crippen molar-refractivity contribution < 1.29 is 34.8 Å². The van der Waals surface area contributed by atoms with Crippen LogP contribution in [0.4, 0.5) is 0 Å². The molecular formula is C22H23ClN2O7. The van der Waals surface area contributed by atoms with Gasteiger partial charge in [-0.1, -0.05) is 18.5 Å². The molecule has 0 saturated carbocycles. The van der Waals surface area contributed by atoms with Crippen molar-refractivity contribution in [2.24, 2.45) is 17.6 Å². The summed E-state index contributed by atoms with van der Waals surface area (Å²) in [6.45, 7) is 2.16. The van der Waals surface area contributed by atoms with E-state index in [1.54, 1.807) is 18.9 Å². The van der Waals surface area contributed by atoms with Crippen molar-refractivity contribution >= 4 is 29.1 Å². The Hall–Kier alpha value is -2.88. The number of carbonyl (C=O) groups is 3. The lowest BCUT2D eigenvalue weighted by Gasteiger charge is -2.50. The van der Waals surface area contributed by atoms with Crippen LogP contribution >= 0.6 is 11.6 Å². The number of likely N-dealkylation sites (N-methyl/N-ethyl adjacent to an activating group) is 1. The number of primary amides is 1. The molecule has 3 aliphatic rings. The number of nitrogens with zero attached hydrogens (tertiary/aromatic N) is 1. The van der Waals surface area contributed by atoms with Gasteiger partial charge in [0.15, 0.2) is 11.4 Å². The molecule has 1 aromatic rings. The second-order valence-corrected chi connectivity index (χ2v) is 8.90. The van der Waals surface area contributed by atoms with Crippen molar-refractivity contribution in [2.45, 2.75) is 31.4 Å². The van der Waals surface area contributed by atoms with E-state index in [1.165, 1.54) is 12.1 Å². The summed E-state index contributed by atoms with van der Waals surface area (Å²) in [5, 5.41) is 44.0. The number of hydrogen-bond acceptors (Lipinski definition) is 8. The fourth-order valence-electron chi connectivity index (χ4n) is 5.32. The molecule has 0 spiro atoms. The van der Waals surface area contributed by atoms with Gasteiger partial charge in [-0.3, -0.25) is 19.3 Å². The fraction of sp³-hybridized carbons (Fsp3) is 0.409. The van der Waals surface area contributed by atoms with Crippen molar-refractivity contribution in [1.82, 2.24) is 4.90 Å². The first-order valence-electron chi connectivity index (χ1n) is 10.2. The molecule has 0 fully saturated rings.